The van der Waals surface area contributed by atoms with Gasteiger partial charge in [-0.15, -0.1) is 0 Å². The summed E-state index contributed by atoms with van der Waals surface area (Å²) in [5.74, 6) is -0.0728. The maximum Gasteiger partial charge on any atom is 0.316 e. The van der Waals surface area contributed by atoms with Crippen molar-refractivity contribution in [3.63, 3.8) is 0 Å². The van der Waals surface area contributed by atoms with Crippen molar-refractivity contribution in [2.75, 3.05) is 27.2 Å². The molecule has 0 unspecified atom stereocenters. The van der Waals surface area contributed by atoms with Crippen molar-refractivity contribution in [1.82, 2.24) is 20.4 Å². The van der Waals surface area contributed by atoms with E-state index >= 15 is 0 Å². The Morgan fingerprint density at radius 1 is 1.28 bits per heavy atom. The lowest BCUT2D eigenvalue weighted by atomic mass is 10.1. The van der Waals surface area contributed by atoms with Crippen molar-refractivity contribution < 1.29 is 18.8 Å². The number of benzene rings is 1. The zero-order valence-corrected chi connectivity index (χ0v) is 14.2. The van der Waals surface area contributed by atoms with Crippen LogP contribution < -0.4 is 15.8 Å². The van der Waals surface area contributed by atoms with Gasteiger partial charge in [0.05, 0.1) is 6.42 Å². The molecule has 0 aliphatic heterocycles. The number of primary amides is 1. The lowest BCUT2D eigenvalue weighted by molar-refractivity contribution is -0.117. The van der Waals surface area contributed by atoms with E-state index in [1.165, 1.54) is 0 Å². The fourth-order valence-corrected chi connectivity index (χ4v) is 1.93. The number of nitrogens with zero attached hydrogens (tertiary/aromatic N) is 3. The molecule has 3 N–H and O–H groups in total. The van der Waals surface area contributed by atoms with Gasteiger partial charge in [-0.25, -0.2) is 0 Å². The van der Waals surface area contributed by atoms with E-state index < -0.39 is 11.8 Å². The molecule has 1 heterocycles. The number of rotatable bonds is 9. The Morgan fingerprint density at radius 3 is 2.64 bits per heavy atom. The molecule has 0 aliphatic carbocycles. The molecule has 0 spiro atoms. The van der Waals surface area contributed by atoms with Crippen LogP contribution in [0.4, 0.5) is 0 Å². The van der Waals surface area contributed by atoms with Gasteiger partial charge in [0.2, 0.25) is 11.7 Å². The Balaban J connectivity index is 1.82. The minimum Gasteiger partial charge on any atom is -0.485 e. The van der Waals surface area contributed by atoms with E-state index in [-0.39, 0.29) is 24.7 Å². The van der Waals surface area contributed by atoms with Crippen LogP contribution in [-0.4, -0.2) is 54.0 Å². The zero-order valence-electron chi connectivity index (χ0n) is 14.2. The lowest BCUT2D eigenvalue weighted by Gasteiger charge is -2.08. The quantitative estimate of drug-likeness (QED) is 0.652. The molecule has 1 aromatic heterocycles. The van der Waals surface area contributed by atoms with Gasteiger partial charge in [-0.3, -0.25) is 9.59 Å². The number of nitrogens with one attached hydrogen (secondary N) is 1. The minimum absolute atomic E-state index is 0.0592. The van der Waals surface area contributed by atoms with Gasteiger partial charge in [0, 0.05) is 13.1 Å². The van der Waals surface area contributed by atoms with Crippen LogP contribution in [-0.2, 0) is 17.8 Å². The van der Waals surface area contributed by atoms with Crippen LogP contribution in [0.1, 0.15) is 22.1 Å². The Hall–Kier alpha value is -2.94. The molecule has 0 radical (unpaired) electrons. The first-order valence-corrected chi connectivity index (χ1v) is 7.69. The Labute approximate surface area is 145 Å². The van der Waals surface area contributed by atoms with Crippen molar-refractivity contribution in [1.29, 1.82) is 0 Å². The van der Waals surface area contributed by atoms with Crippen molar-refractivity contribution >= 4 is 11.8 Å². The summed E-state index contributed by atoms with van der Waals surface area (Å²) in [4.78, 5) is 28.6. The van der Waals surface area contributed by atoms with Gasteiger partial charge in [-0.2, -0.15) is 4.98 Å². The molecule has 25 heavy (non-hydrogen) atoms. The Kier molecular flexibility index (Phi) is 6.47. The molecule has 1 aromatic carbocycles. The highest BCUT2D eigenvalue weighted by molar-refractivity contribution is 5.89. The number of aromatic nitrogens is 2. The summed E-state index contributed by atoms with van der Waals surface area (Å²) < 4.78 is 10.4. The van der Waals surface area contributed by atoms with Crippen molar-refractivity contribution in [3.05, 3.63) is 41.5 Å². The number of likely N-dealkylation sites (N-methyl/N-ethyl adjacent to an activating group) is 1. The predicted octanol–water partition coefficient (Wildman–Crippen LogP) is -0.0322. The van der Waals surface area contributed by atoms with E-state index in [1.807, 2.05) is 19.0 Å². The van der Waals surface area contributed by atoms with Gasteiger partial charge < -0.3 is 25.2 Å². The molecular formula is C16H21N5O4. The average Bonchev–Trinajstić information content (AvgIpc) is 3.02. The Morgan fingerprint density at radius 2 is 2.00 bits per heavy atom. The second-order valence-corrected chi connectivity index (χ2v) is 5.65. The van der Waals surface area contributed by atoms with E-state index in [1.54, 1.807) is 24.3 Å². The number of hydrogen-bond acceptors (Lipinski definition) is 7. The van der Waals surface area contributed by atoms with Gasteiger partial charge >= 0.3 is 11.8 Å². The lowest BCUT2D eigenvalue weighted by Crippen LogP contribution is -2.31. The molecule has 2 aromatic rings. The monoisotopic (exact) mass is 347 g/mol. The van der Waals surface area contributed by atoms with Crippen LogP contribution in [0.25, 0.3) is 0 Å². The normalized spacial score (nSPS) is 10.7. The van der Waals surface area contributed by atoms with E-state index in [0.717, 1.165) is 5.56 Å². The summed E-state index contributed by atoms with van der Waals surface area (Å²) >= 11 is 0. The summed E-state index contributed by atoms with van der Waals surface area (Å²) in [7, 11) is 3.82. The summed E-state index contributed by atoms with van der Waals surface area (Å²) in [5.41, 5.74) is 5.94. The van der Waals surface area contributed by atoms with Gasteiger partial charge in [0.15, 0.2) is 6.61 Å². The van der Waals surface area contributed by atoms with Gasteiger partial charge in [0.1, 0.15) is 5.75 Å². The van der Waals surface area contributed by atoms with E-state index in [2.05, 4.69) is 15.5 Å². The number of ether oxygens (including phenoxy) is 1. The van der Waals surface area contributed by atoms with Gasteiger partial charge in [-0.1, -0.05) is 17.3 Å². The second kappa shape index (κ2) is 8.78. The molecule has 0 saturated carbocycles. The number of amides is 2. The molecule has 134 valence electrons. The van der Waals surface area contributed by atoms with Gasteiger partial charge in [0.25, 0.3) is 0 Å². The highest BCUT2D eigenvalue weighted by atomic mass is 16.5. The van der Waals surface area contributed by atoms with Gasteiger partial charge in [-0.05, 0) is 31.8 Å². The van der Waals surface area contributed by atoms with Crippen LogP contribution >= 0.6 is 0 Å². The largest absolute Gasteiger partial charge is 0.485 e. The first-order chi connectivity index (χ1) is 11.9. The fourth-order valence-electron chi connectivity index (χ4n) is 1.93. The number of hydrogen-bond donors (Lipinski definition) is 2. The molecule has 0 atom stereocenters. The summed E-state index contributed by atoms with van der Waals surface area (Å²) in [6, 6.07) is 6.93. The summed E-state index contributed by atoms with van der Waals surface area (Å²) in [5, 5.41) is 6.39. The molecule has 9 nitrogen and oxygen atoms in total. The first kappa shape index (κ1) is 18.4. The third kappa shape index (κ3) is 6.22. The number of nitrogens with two attached hydrogens (primary N) is 1. The van der Waals surface area contributed by atoms with E-state index in [4.69, 9.17) is 15.0 Å². The minimum atomic E-state index is -0.420. The molecule has 0 aliphatic rings. The second-order valence-electron chi connectivity index (χ2n) is 5.65. The van der Waals surface area contributed by atoms with Crippen molar-refractivity contribution in [3.8, 4) is 5.75 Å². The smallest absolute Gasteiger partial charge is 0.316 e. The topological polar surface area (TPSA) is 124 Å². The summed E-state index contributed by atoms with van der Waals surface area (Å²) in [6.07, 6.45) is 0.178. The number of carbonyl (C=O) groups excluding carboxylic acids is 2. The van der Waals surface area contributed by atoms with Crippen LogP contribution in [0.2, 0.25) is 0 Å². The Bertz CT molecular complexity index is 712. The third-order valence-electron chi connectivity index (χ3n) is 3.18. The predicted molar refractivity (Wildman–Crippen MR) is 88.9 cm³/mol. The third-order valence-corrected chi connectivity index (χ3v) is 3.18. The van der Waals surface area contributed by atoms with E-state index in [9.17, 15) is 9.59 Å². The maximum atomic E-state index is 11.8. The fraction of sp³-hybridized carbons (Fsp3) is 0.375. The first-order valence-electron chi connectivity index (χ1n) is 7.69. The van der Waals surface area contributed by atoms with Crippen LogP contribution in [0, 0.1) is 0 Å². The van der Waals surface area contributed by atoms with Crippen LogP contribution in [0.5, 0.6) is 5.75 Å². The zero-order chi connectivity index (χ0) is 18.2. The molecule has 0 bridgehead atoms. The highest BCUT2D eigenvalue weighted by Gasteiger charge is 2.15. The molecule has 2 rings (SSSR count). The molecule has 9 heteroatoms. The SMILES string of the molecule is CN(C)CCNC(=O)c1nc(COc2ccc(CC(N)=O)cc2)no1. The van der Waals surface area contributed by atoms with E-state index in [0.29, 0.717) is 18.8 Å². The number of carbonyl (C=O) groups is 2. The highest BCUT2D eigenvalue weighted by Crippen LogP contribution is 2.14. The molecule has 0 saturated heterocycles. The maximum absolute atomic E-state index is 11.8. The molecule has 0 fully saturated rings. The van der Waals surface area contributed by atoms with Crippen LogP contribution in [0.3, 0.4) is 0 Å². The van der Waals surface area contributed by atoms with Crippen LogP contribution in [0.15, 0.2) is 28.8 Å². The summed E-state index contributed by atoms with van der Waals surface area (Å²) in [6.45, 7) is 1.25. The molecular weight excluding hydrogens is 326 g/mol. The molecule has 2 amide bonds. The van der Waals surface area contributed by atoms with Crippen molar-refractivity contribution in [2.24, 2.45) is 5.73 Å². The standard InChI is InChI=1S/C16H21N5O4/c1-21(2)8-7-18-15(23)16-19-14(20-25-16)10-24-12-5-3-11(4-6-12)9-13(17)22/h3-6H,7-10H2,1-2H3,(H2,17,22)(H,18,23). The van der Waals surface area contributed by atoms with Crippen molar-refractivity contribution in [2.45, 2.75) is 13.0 Å². The average molecular weight is 347 g/mol.